The van der Waals surface area contributed by atoms with Gasteiger partial charge in [-0.1, -0.05) is 6.92 Å². The van der Waals surface area contributed by atoms with Crippen LogP contribution in [0.25, 0.3) is 0 Å². The normalized spacial score (nSPS) is 21.5. The Hall–Kier alpha value is -0.660. The van der Waals surface area contributed by atoms with Crippen LogP contribution in [0.4, 0.5) is 0 Å². The van der Waals surface area contributed by atoms with Gasteiger partial charge in [0.05, 0.1) is 19.0 Å². The molecule has 0 aliphatic carbocycles. The van der Waals surface area contributed by atoms with Crippen molar-refractivity contribution >= 4 is 15.9 Å². The zero-order chi connectivity index (χ0) is 12.9. The third-order valence-electron chi connectivity index (χ3n) is 2.65. The summed E-state index contributed by atoms with van der Waals surface area (Å²) in [4.78, 5) is 13.5. The minimum absolute atomic E-state index is 0.0251. The molecule has 0 aromatic carbocycles. The van der Waals surface area contributed by atoms with E-state index in [9.17, 15) is 13.2 Å². The van der Waals surface area contributed by atoms with Gasteiger partial charge in [0.1, 0.15) is 0 Å². The summed E-state index contributed by atoms with van der Waals surface area (Å²) >= 11 is 0. The van der Waals surface area contributed by atoms with Crippen molar-refractivity contribution in [2.24, 2.45) is 0 Å². The summed E-state index contributed by atoms with van der Waals surface area (Å²) in [6.45, 7) is 3.93. The molecule has 1 aliphatic heterocycles. The zero-order valence-electron chi connectivity index (χ0n) is 10.3. The predicted octanol–water partition coefficient (Wildman–Crippen LogP) is -0.437. The van der Waals surface area contributed by atoms with Gasteiger partial charge in [-0.2, -0.15) is 0 Å². The summed E-state index contributed by atoms with van der Waals surface area (Å²) < 4.78 is 29.4. The van der Waals surface area contributed by atoms with Gasteiger partial charge in [-0.15, -0.1) is 0 Å². The van der Waals surface area contributed by atoms with Crippen molar-refractivity contribution in [3.8, 4) is 0 Å². The lowest BCUT2D eigenvalue weighted by Gasteiger charge is -2.32. The Labute approximate surface area is 102 Å². The second kappa shape index (κ2) is 6.32. The van der Waals surface area contributed by atoms with Gasteiger partial charge in [0.2, 0.25) is 15.9 Å². The van der Waals surface area contributed by atoms with Gasteiger partial charge < -0.3 is 9.64 Å². The number of amides is 1. The molecule has 1 atom stereocenters. The van der Waals surface area contributed by atoms with Crippen molar-refractivity contribution in [2.45, 2.75) is 25.9 Å². The van der Waals surface area contributed by atoms with Gasteiger partial charge in [0, 0.05) is 26.1 Å². The van der Waals surface area contributed by atoms with E-state index in [0.717, 1.165) is 12.7 Å². The van der Waals surface area contributed by atoms with Crippen molar-refractivity contribution in [3.63, 3.8) is 0 Å². The largest absolute Gasteiger partial charge is 0.375 e. The molecular formula is C10H20N2O4S. The third kappa shape index (κ3) is 5.47. The summed E-state index contributed by atoms with van der Waals surface area (Å²) in [5, 5.41) is 0. The van der Waals surface area contributed by atoms with Crippen molar-refractivity contribution in [1.29, 1.82) is 0 Å². The van der Waals surface area contributed by atoms with Crippen LogP contribution < -0.4 is 4.72 Å². The Kier molecular flexibility index (Phi) is 5.35. The smallest absolute Gasteiger partial charge is 0.224 e. The monoisotopic (exact) mass is 264 g/mol. The number of morpholine rings is 1. The van der Waals surface area contributed by atoms with E-state index >= 15 is 0 Å². The van der Waals surface area contributed by atoms with Crippen LogP contribution in [-0.4, -0.2) is 57.8 Å². The SMILES string of the molecule is CC[C@@H]1CN(C(=O)CCNS(C)(=O)=O)CCO1. The zero-order valence-corrected chi connectivity index (χ0v) is 11.1. The van der Waals surface area contributed by atoms with Crippen LogP contribution in [0, 0.1) is 0 Å². The van der Waals surface area contributed by atoms with Gasteiger partial charge in [0.25, 0.3) is 0 Å². The molecule has 0 bridgehead atoms. The van der Waals surface area contributed by atoms with Crippen LogP contribution in [-0.2, 0) is 19.6 Å². The number of hydrogen-bond donors (Lipinski definition) is 1. The van der Waals surface area contributed by atoms with Crippen LogP contribution in [0.2, 0.25) is 0 Å². The average molecular weight is 264 g/mol. The molecule has 0 unspecified atom stereocenters. The van der Waals surface area contributed by atoms with Gasteiger partial charge in [-0.3, -0.25) is 4.79 Å². The van der Waals surface area contributed by atoms with Crippen LogP contribution in [0.15, 0.2) is 0 Å². The first-order valence-electron chi connectivity index (χ1n) is 5.76. The quantitative estimate of drug-likeness (QED) is 0.730. The molecule has 1 aliphatic rings. The summed E-state index contributed by atoms with van der Waals surface area (Å²) in [7, 11) is -3.21. The molecule has 0 spiro atoms. The van der Waals surface area contributed by atoms with Crippen LogP contribution >= 0.6 is 0 Å². The predicted molar refractivity (Wildman–Crippen MR) is 64.1 cm³/mol. The molecule has 1 saturated heterocycles. The Bertz CT molecular complexity index is 355. The number of carbonyl (C=O) groups excluding carboxylic acids is 1. The summed E-state index contributed by atoms with van der Waals surface area (Å²) in [6.07, 6.45) is 2.27. The molecule has 0 aromatic rings. The molecule has 1 heterocycles. The second-order valence-electron chi connectivity index (χ2n) is 4.16. The van der Waals surface area contributed by atoms with E-state index in [1.54, 1.807) is 4.90 Å². The molecule has 0 radical (unpaired) electrons. The Morgan fingerprint density at radius 2 is 2.24 bits per heavy atom. The van der Waals surface area contributed by atoms with E-state index in [4.69, 9.17) is 4.74 Å². The first-order valence-corrected chi connectivity index (χ1v) is 7.65. The highest BCUT2D eigenvalue weighted by atomic mass is 32.2. The fraction of sp³-hybridized carbons (Fsp3) is 0.900. The lowest BCUT2D eigenvalue weighted by atomic mass is 10.2. The summed E-state index contributed by atoms with van der Waals surface area (Å²) in [5.41, 5.74) is 0. The Morgan fingerprint density at radius 3 is 2.82 bits per heavy atom. The van der Waals surface area contributed by atoms with Crippen molar-refractivity contribution in [3.05, 3.63) is 0 Å². The molecule has 17 heavy (non-hydrogen) atoms. The first kappa shape index (κ1) is 14.4. The number of sulfonamides is 1. The van der Waals surface area contributed by atoms with Crippen molar-refractivity contribution in [2.75, 3.05) is 32.5 Å². The molecule has 0 saturated carbocycles. The second-order valence-corrected chi connectivity index (χ2v) is 5.99. The maximum Gasteiger partial charge on any atom is 0.224 e. The third-order valence-corrected chi connectivity index (χ3v) is 3.38. The lowest BCUT2D eigenvalue weighted by Crippen LogP contribution is -2.46. The molecule has 1 rings (SSSR count). The first-order chi connectivity index (χ1) is 7.92. The number of carbonyl (C=O) groups is 1. The highest BCUT2D eigenvalue weighted by Gasteiger charge is 2.22. The van der Waals surface area contributed by atoms with Crippen molar-refractivity contribution in [1.82, 2.24) is 9.62 Å². The lowest BCUT2D eigenvalue weighted by molar-refractivity contribution is -0.138. The van der Waals surface area contributed by atoms with Gasteiger partial charge in [0.15, 0.2) is 0 Å². The molecule has 100 valence electrons. The minimum Gasteiger partial charge on any atom is -0.375 e. The summed E-state index contributed by atoms with van der Waals surface area (Å²) in [6, 6.07) is 0. The number of ether oxygens (including phenoxy) is 1. The highest BCUT2D eigenvalue weighted by Crippen LogP contribution is 2.09. The van der Waals surface area contributed by atoms with E-state index in [0.29, 0.717) is 19.7 Å². The summed E-state index contributed by atoms with van der Waals surface area (Å²) in [5.74, 6) is -0.0251. The molecule has 0 aromatic heterocycles. The maximum atomic E-state index is 11.8. The van der Waals surface area contributed by atoms with Gasteiger partial charge in [-0.05, 0) is 6.42 Å². The standard InChI is InChI=1S/C10H20N2O4S/c1-3-9-8-12(6-7-16-9)10(13)4-5-11-17(2,14)15/h9,11H,3-8H2,1-2H3/t9-/m1/s1. The molecular weight excluding hydrogens is 244 g/mol. The number of rotatable bonds is 5. The van der Waals surface area contributed by atoms with E-state index in [1.807, 2.05) is 6.92 Å². The number of hydrogen-bond acceptors (Lipinski definition) is 4. The van der Waals surface area contributed by atoms with Gasteiger partial charge in [-0.25, -0.2) is 13.1 Å². The van der Waals surface area contributed by atoms with Crippen LogP contribution in [0.3, 0.4) is 0 Å². The average Bonchev–Trinajstić information content (AvgIpc) is 2.27. The fourth-order valence-corrected chi connectivity index (χ4v) is 2.17. The van der Waals surface area contributed by atoms with Crippen LogP contribution in [0.1, 0.15) is 19.8 Å². The fourth-order valence-electron chi connectivity index (χ4n) is 1.69. The molecule has 1 amide bonds. The minimum atomic E-state index is -3.21. The molecule has 1 N–H and O–H groups in total. The Balaban J connectivity index is 2.32. The maximum absolute atomic E-state index is 11.8. The van der Waals surface area contributed by atoms with E-state index in [1.165, 1.54) is 0 Å². The van der Waals surface area contributed by atoms with Crippen molar-refractivity contribution < 1.29 is 17.9 Å². The topological polar surface area (TPSA) is 75.7 Å². The molecule has 6 nitrogen and oxygen atoms in total. The van der Waals surface area contributed by atoms with Gasteiger partial charge >= 0.3 is 0 Å². The number of nitrogens with zero attached hydrogens (tertiary/aromatic N) is 1. The Morgan fingerprint density at radius 1 is 1.53 bits per heavy atom. The number of nitrogens with one attached hydrogen (secondary N) is 1. The van der Waals surface area contributed by atoms with Crippen LogP contribution in [0.5, 0.6) is 0 Å². The highest BCUT2D eigenvalue weighted by molar-refractivity contribution is 7.88. The molecule has 7 heteroatoms. The van der Waals surface area contributed by atoms with E-state index in [-0.39, 0.29) is 25.0 Å². The molecule has 1 fully saturated rings. The van der Waals surface area contributed by atoms with E-state index < -0.39 is 10.0 Å². The van der Waals surface area contributed by atoms with E-state index in [2.05, 4.69) is 4.72 Å².